The summed E-state index contributed by atoms with van der Waals surface area (Å²) in [6.45, 7) is 3.34. The van der Waals surface area contributed by atoms with Gasteiger partial charge in [-0.3, -0.25) is 0 Å². The van der Waals surface area contributed by atoms with Crippen molar-refractivity contribution in [3.8, 4) is 0 Å². The summed E-state index contributed by atoms with van der Waals surface area (Å²) in [5.41, 5.74) is 0. The molecule has 0 atom stereocenters. The van der Waals surface area contributed by atoms with Gasteiger partial charge in [0.25, 0.3) is 0 Å². The number of nitrogens with zero attached hydrogens (tertiary/aromatic N) is 1. The summed E-state index contributed by atoms with van der Waals surface area (Å²) < 4.78 is 9.89. The molecule has 0 aliphatic heterocycles. The molecule has 0 rings (SSSR count). The van der Waals surface area contributed by atoms with E-state index in [1.54, 1.807) is 7.05 Å². The van der Waals surface area contributed by atoms with E-state index in [9.17, 15) is 9.59 Å². The molecule has 0 aromatic carbocycles. The zero-order valence-electron chi connectivity index (χ0n) is 12.5. The van der Waals surface area contributed by atoms with Gasteiger partial charge < -0.3 is 30.3 Å². The van der Waals surface area contributed by atoms with Gasteiger partial charge in [-0.1, -0.05) is 0 Å². The van der Waals surface area contributed by atoms with Crippen LogP contribution in [0, 0.1) is 0 Å². The van der Waals surface area contributed by atoms with Gasteiger partial charge in [0.15, 0.2) is 0 Å². The minimum absolute atomic E-state index is 0.175. The highest BCUT2D eigenvalue weighted by molar-refractivity contribution is 5.73. The van der Waals surface area contributed by atoms with E-state index in [-0.39, 0.29) is 12.1 Å². The van der Waals surface area contributed by atoms with Crippen LogP contribution in [0.4, 0.5) is 9.59 Å². The number of rotatable bonds is 10. The second kappa shape index (κ2) is 12.5. The third-order valence-electron chi connectivity index (χ3n) is 2.47. The second-order valence-electron chi connectivity index (χ2n) is 4.14. The van der Waals surface area contributed by atoms with Gasteiger partial charge in [0.05, 0.1) is 13.7 Å². The van der Waals surface area contributed by atoms with Crippen LogP contribution in [-0.4, -0.2) is 77.6 Å². The lowest BCUT2D eigenvalue weighted by Gasteiger charge is -2.15. The maximum absolute atomic E-state index is 11.3. The number of ether oxygens (including phenoxy) is 2. The van der Waals surface area contributed by atoms with Gasteiger partial charge in [-0.2, -0.15) is 0 Å². The van der Waals surface area contributed by atoms with Gasteiger partial charge in [0.2, 0.25) is 0 Å². The van der Waals surface area contributed by atoms with E-state index in [4.69, 9.17) is 4.74 Å². The first kappa shape index (κ1) is 18.5. The summed E-state index contributed by atoms with van der Waals surface area (Å²) >= 11 is 0. The molecule has 0 aromatic heterocycles. The van der Waals surface area contributed by atoms with Crippen molar-refractivity contribution >= 4 is 12.1 Å². The van der Waals surface area contributed by atoms with Crippen LogP contribution in [0.15, 0.2) is 0 Å². The van der Waals surface area contributed by atoms with Gasteiger partial charge in [0, 0.05) is 39.8 Å². The van der Waals surface area contributed by atoms with Crippen LogP contribution in [0.25, 0.3) is 0 Å². The normalized spacial score (nSPS) is 9.95. The van der Waals surface area contributed by atoms with E-state index in [0.29, 0.717) is 32.8 Å². The first-order chi connectivity index (χ1) is 9.61. The van der Waals surface area contributed by atoms with E-state index in [0.717, 1.165) is 13.0 Å². The third kappa shape index (κ3) is 10.4. The number of carbonyl (C=O) groups excluding carboxylic acids is 2. The van der Waals surface area contributed by atoms with Gasteiger partial charge in [-0.15, -0.1) is 0 Å². The van der Waals surface area contributed by atoms with E-state index in [1.165, 1.54) is 12.0 Å². The van der Waals surface area contributed by atoms with Crippen LogP contribution in [-0.2, 0) is 9.47 Å². The molecule has 0 bridgehead atoms. The fraction of sp³-hybridized carbons (Fsp3) is 0.833. The van der Waals surface area contributed by atoms with Gasteiger partial charge in [-0.05, 0) is 13.5 Å². The Balaban J connectivity index is 3.32. The second-order valence-corrected chi connectivity index (χ2v) is 4.14. The van der Waals surface area contributed by atoms with Crippen LogP contribution in [0.5, 0.6) is 0 Å². The Morgan fingerprint density at radius 1 is 1.10 bits per heavy atom. The molecule has 20 heavy (non-hydrogen) atoms. The van der Waals surface area contributed by atoms with Crippen molar-refractivity contribution in [1.29, 1.82) is 0 Å². The van der Waals surface area contributed by atoms with Crippen LogP contribution < -0.4 is 16.0 Å². The molecule has 0 heterocycles. The van der Waals surface area contributed by atoms with Crippen molar-refractivity contribution in [2.75, 3.05) is 60.6 Å². The van der Waals surface area contributed by atoms with E-state index in [2.05, 4.69) is 20.7 Å². The molecule has 0 aromatic rings. The molecule has 0 fully saturated rings. The molecule has 0 saturated carbocycles. The number of hydrogen-bond donors (Lipinski definition) is 3. The number of likely N-dealkylation sites (N-methyl/N-ethyl adjacent to an activating group) is 2. The molecule has 0 spiro atoms. The topological polar surface area (TPSA) is 91.9 Å². The quantitative estimate of drug-likeness (QED) is 0.477. The van der Waals surface area contributed by atoms with E-state index < -0.39 is 0 Å². The predicted octanol–water partition coefficient (Wildman–Crippen LogP) is -0.390. The zero-order valence-corrected chi connectivity index (χ0v) is 12.5. The van der Waals surface area contributed by atoms with Crippen LogP contribution >= 0.6 is 0 Å². The maximum Gasteiger partial charge on any atom is 0.409 e. The molecule has 0 aliphatic carbocycles. The maximum atomic E-state index is 11.3. The molecule has 0 radical (unpaired) electrons. The fourth-order valence-electron chi connectivity index (χ4n) is 1.29. The Bertz CT molecular complexity index is 276. The van der Waals surface area contributed by atoms with Crippen molar-refractivity contribution in [2.24, 2.45) is 0 Å². The molecule has 3 amide bonds. The third-order valence-corrected chi connectivity index (χ3v) is 2.47. The molecule has 8 nitrogen and oxygen atoms in total. The molecule has 118 valence electrons. The van der Waals surface area contributed by atoms with Crippen molar-refractivity contribution < 1.29 is 19.1 Å². The summed E-state index contributed by atoms with van der Waals surface area (Å²) in [6.07, 6.45) is 0.343. The van der Waals surface area contributed by atoms with Gasteiger partial charge in [-0.25, -0.2) is 9.59 Å². The molecule has 8 heteroatoms. The van der Waals surface area contributed by atoms with Gasteiger partial charge in [0.1, 0.15) is 0 Å². The predicted molar refractivity (Wildman–Crippen MR) is 75.8 cm³/mol. The Hall–Kier alpha value is -1.54. The Kier molecular flexibility index (Phi) is 11.5. The van der Waals surface area contributed by atoms with Crippen molar-refractivity contribution in [2.45, 2.75) is 6.42 Å². The highest BCUT2D eigenvalue weighted by Gasteiger charge is 2.06. The highest BCUT2D eigenvalue weighted by atomic mass is 16.5. The van der Waals surface area contributed by atoms with Gasteiger partial charge >= 0.3 is 12.1 Å². The van der Waals surface area contributed by atoms with Crippen LogP contribution in [0.1, 0.15) is 6.42 Å². The van der Waals surface area contributed by atoms with Crippen molar-refractivity contribution in [3.63, 3.8) is 0 Å². The standard InChI is InChI=1S/C12H26N4O4/c1-13-6-7-15-11(17)14-5-4-9-20-10-8-16(2)12(18)19-3/h13H,4-10H2,1-3H3,(H2,14,15,17). The monoisotopic (exact) mass is 290 g/mol. The zero-order chi connectivity index (χ0) is 15.2. The average molecular weight is 290 g/mol. The van der Waals surface area contributed by atoms with Crippen molar-refractivity contribution in [1.82, 2.24) is 20.9 Å². The van der Waals surface area contributed by atoms with E-state index in [1.807, 2.05) is 7.05 Å². The van der Waals surface area contributed by atoms with Crippen LogP contribution in [0.3, 0.4) is 0 Å². The lowest BCUT2D eigenvalue weighted by atomic mass is 10.4. The largest absolute Gasteiger partial charge is 0.453 e. The summed E-state index contributed by atoms with van der Waals surface area (Å²) in [6, 6.07) is -0.175. The minimum atomic E-state index is -0.381. The summed E-state index contributed by atoms with van der Waals surface area (Å²) in [5.74, 6) is 0. The summed E-state index contributed by atoms with van der Waals surface area (Å²) in [5, 5.41) is 8.37. The number of urea groups is 1. The highest BCUT2D eigenvalue weighted by Crippen LogP contribution is 1.89. The number of methoxy groups -OCH3 is 1. The number of carbonyl (C=O) groups is 2. The SMILES string of the molecule is CNCCNC(=O)NCCCOCCN(C)C(=O)OC. The minimum Gasteiger partial charge on any atom is -0.453 e. The summed E-state index contributed by atoms with van der Waals surface area (Å²) in [4.78, 5) is 23.7. The Morgan fingerprint density at radius 2 is 1.80 bits per heavy atom. The molecule has 3 N–H and O–H groups in total. The molecule has 0 unspecified atom stereocenters. The number of amides is 3. The molecular weight excluding hydrogens is 264 g/mol. The van der Waals surface area contributed by atoms with E-state index >= 15 is 0 Å². The first-order valence-electron chi connectivity index (χ1n) is 6.65. The lowest BCUT2D eigenvalue weighted by molar-refractivity contribution is 0.0933. The molecule has 0 aliphatic rings. The smallest absolute Gasteiger partial charge is 0.409 e. The van der Waals surface area contributed by atoms with Crippen molar-refractivity contribution in [3.05, 3.63) is 0 Å². The molecule has 0 saturated heterocycles. The summed E-state index contributed by atoms with van der Waals surface area (Å²) in [7, 11) is 4.81. The Morgan fingerprint density at radius 3 is 2.45 bits per heavy atom. The number of hydrogen-bond acceptors (Lipinski definition) is 5. The molecular formula is C12H26N4O4. The van der Waals surface area contributed by atoms with Crippen LogP contribution in [0.2, 0.25) is 0 Å². The fourth-order valence-corrected chi connectivity index (χ4v) is 1.29. The lowest BCUT2D eigenvalue weighted by Crippen LogP contribution is -2.39. The average Bonchev–Trinajstić information content (AvgIpc) is 2.45. The Labute approximate surface area is 120 Å². The number of nitrogens with one attached hydrogen (secondary N) is 3. The first-order valence-corrected chi connectivity index (χ1v) is 6.65.